The lowest BCUT2D eigenvalue weighted by Gasteiger charge is -2.23. The third-order valence-corrected chi connectivity index (χ3v) is 3.74. The Balaban J connectivity index is 1.80. The molecule has 0 spiro atoms. The van der Waals surface area contributed by atoms with Gasteiger partial charge in [-0.2, -0.15) is 5.26 Å². The molecule has 1 aromatic carbocycles. The zero-order valence-electron chi connectivity index (χ0n) is 13.1. The highest BCUT2D eigenvalue weighted by atomic mass is 16.5. The van der Waals surface area contributed by atoms with Crippen LogP contribution >= 0.6 is 0 Å². The maximum atomic E-state index is 9.32. The van der Waals surface area contributed by atoms with Crippen molar-refractivity contribution in [3.8, 4) is 17.6 Å². The normalized spacial score (nSPS) is 16.9. The summed E-state index contributed by atoms with van der Waals surface area (Å²) in [6.45, 7) is 4.58. The molecule has 4 nitrogen and oxygen atoms in total. The zero-order chi connectivity index (χ0) is 15.3. The van der Waals surface area contributed by atoms with Gasteiger partial charge in [-0.1, -0.05) is 6.07 Å². The van der Waals surface area contributed by atoms with Crippen LogP contribution in [0, 0.1) is 18.3 Å². The first-order valence-electron chi connectivity index (χ1n) is 7.53. The fourth-order valence-electron chi connectivity index (χ4n) is 2.34. The fourth-order valence-corrected chi connectivity index (χ4v) is 2.34. The summed E-state index contributed by atoms with van der Waals surface area (Å²) in [4.78, 5) is 0. The molecule has 0 saturated heterocycles. The Labute approximate surface area is 127 Å². The van der Waals surface area contributed by atoms with Crippen LogP contribution in [0.25, 0.3) is 0 Å². The van der Waals surface area contributed by atoms with Crippen LogP contribution in [-0.2, 0) is 0 Å². The van der Waals surface area contributed by atoms with E-state index in [0.29, 0.717) is 12.6 Å². The van der Waals surface area contributed by atoms with E-state index >= 15 is 0 Å². The van der Waals surface area contributed by atoms with Crippen LogP contribution in [0.4, 0.5) is 0 Å². The molecule has 2 rings (SSSR count). The van der Waals surface area contributed by atoms with Crippen molar-refractivity contribution in [2.24, 2.45) is 0 Å². The van der Waals surface area contributed by atoms with E-state index in [1.54, 1.807) is 7.11 Å². The van der Waals surface area contributed by atoms with Gasteiger partial charge in [0, 0.05) is 6.04 Å². The standard InChI is InChI=1S/C17H24N2O2/c1-13-5-8-15(16(11-13)20-3)21-10-4-9-17(2,12-18)19-14-6-7-14/h5,8,11,14,19H,4,6-7,9-10H2,1-3H3. The van der Waals surface area contributed by atoms with Gasteiger partial charge in [0.05, 0.1) is 19.8 Å². The van der Waals surface area contributed by atoms with Gasteiger partial charge in [0.15, 0.2) is 11.5 Å². The molecule has 1 saturated carbocycles. The minimum Gasteiger partial charge on any atom is -0.493 e. The van der Waals surface area contributed by atoms with Crippen molar-refractivity contribution < 1.29 is 9.47 Å². The highest BCUT2D eigenvalue weighted by Gasteiger charge is 2.31. The first-order chi connectivity index (χ1) is 10.1. The minimum atomic E-state index is -0.443. The van der Waals surface area contributed by atoms with Gasteiger partial charge in [-0.25, -0.2) is 0 Å². The molecule has 0 bridgehead atoms. The van der Waals surface area contributed by atoms with Crippen molar-refractivity contribution in [2.45, 2.75) is 51.1 Å². The second kappa shape index (κ2) is 6.82. The number of hydrogen-bond donors (Lipinski definition) is 1. The van der Waals surface area contributed by atoms with Gasteiger partial charge in [-0.15, -0.1) is 0 Å². The van der Waals surface area contributed by atoms with Crippen LogP contribution in [0.3, 0.4) is 0 Å². The highest BCUT2D eigenvalue weighted by molar-refractivity contribution is 5.42. The molecule has 1 fully saturated rings. The summed E-state index contributed by atoms with van der Waals surface area (Å²) in [7, 11) is 1.65. The molecule has 0 aliphatic heterocycles. The topological polar surface area (TPSA) is 54.3 Å². The van der Waals surface area contributed by atoms with Crippen molar-refractivity contribution in [2.75, 3.05) is 13.7 Å². The number of hydrogen-bond acceptors (Lipinski definition) is 4. The van der Waals surface area contributed by atoms with Crippen molar-refractivity contribution in [3.05, 3.63) is 23.8 Å². The Kier molecular flexibility index (Phi) is 5.08. The Morgan fingerprint density at radius 1 is 1.38 bits per heavy atom. The first-order valence-corrected chi connectivity index (χ1v) is 7.53. The molecule has 114 valence electrons. The summed E-state index contributed by atoms with van der Waals surface area (Å²) in [6, 6.07) is 8.82. The molecule has 21 heavy (non-hydrogen) atoms. The maximum Gasteiger partial charge on any atom is 0.161 e. The quantitative estimate of drug-likeness (QED) is 0.746. The van der Waals surface area contributed by atoms with Crippen molar-refractivity contribution >= 4 is 0 Å². The second-order valence-electron chi connectivity index (χ2n) is 5.97. The Hall–Kier alpha value is -1.73. The number of methoxy groups -OCH3 is 1. The molecule has 1 aromatic rings. The van der Waals surface area contributed by atoms with Crippen LogP contribution in [-0.4, -0.2) is 25.3 Å². The van der Waals surface area contributed by atoms with Gasteiger partial charge >= 0.3 is 0 Å². The van der Waals surface area contributed by atoms with Gasteiger partial charge in [-0.3, -0.25) is 5.32 Å². The highest BCUT2D eigenvalue weighted by Crippen LogP contribution is 2.28. The van der Waals surface area contributed by atoms with E-state index in [1.807, 2.05) is 32.0 Å². The average Bonchev–Trinajstić information content (AvgIpc) is 3.28. The van der Waals surface area contributed by atoms with Crippen LogP contribution in [0.2, 0.25) is 0 Å². The summed E-state index contributed by atoms with van der Waals surface area (Å²) in [5.41, 5.74) is 0.701. The van der Waals surface area contributed by atoms with Crippen LogP contribution in [0.5, 0.6) is 11.5 Å². The first kappa shape index (κ1) is 15.7. The Morgan fingerprint density at radius 2 is 2.14 bits per heavy atom. The number of nitrogens with one attached hydrogen (secondary N) is 1. The third kappa shape index (κ3) is 4.64. The van der Waals surface area contributed by atoms with Crippen molar-refractivity contribution in [1.82, 2.24) is 5.32 Å². The van der Waals surface area contributed by atoms with E-state index in [-0.39, 0.29) is 0 Å². The number of nitriles is 1. The largest absolute Gasteiger partial charge is 0.493 e. The molecular formula is C17H24N2O2. The number of ether oxygens (including phenoxy) is 2. The van der Waals surface area contributed by atoms with Gasteiger partial charge < -0.3 is 9.47 Å². The molecule has 1 N–H and O–H groups in total. The number of benzene rings is 1. The van der Waals surface area contributed by atoms with E-state index < -0.39 is 5.54 Å². The number of rotatable bonds is 8. The second-order valence-corrected chi connectivity index (χ2v) is 5.97. The molecule has 1 aliphatic rings. The SMILES string of the molecule is COc1cc(C)ccc1OCCCC(C)(C#N)NC1CC1. The van der Waals surface area contributed by atoms with E-state index in [1.165, 1.54) is 12.8 Å². The van der Waals surface area contributed by atoms with E-state index in [0.717, 1.165) is 29.9 Å². The van der Waals surface area contributed by atoms with Crippen LogP contribution in [0.15, 0.2) is 18.2 Å². The molecule has 0 radical (unpaired) electrons. The Bertz CT molecular complexity index is 520. The molecular weight excluding hydrogens is 264 g/mol. The number of aryl methyl sites for hydroxylation is 1. The van der Waals surface area contributed by atoms with Gasteiger partial charge in [-0.05, 0) is 57.2 Å². The zero-order valence-corrected chi connectivity index (χ0v) is 13.1. The summed E-state index contributed by atoms with van der Waals surface area (Å²) in [5, 5.41) is 12.7. The summed E-state index contributed by atoms with van der Waals surface area (Å²) >= 11 is 0. The van der Waals surface area contributed by atoms with Crippen molar-refractivity contribution in [1.29, 1.82) is 5.26 Å². The maximum absolute atomic E-state index is 9.32. The third-order valence-electron chi connectivity index (χ3n) is 3.74. The summed E-state index contributed by atoms with van der Waals surface area (Å²) in [6.07, 6.45) is 4.00. The van der Waals surface area contributed by atoms with E-state index in [2.05, 4.69) is 11.4 Å². The molecule has 4 heteroatoms. The lowest BCUT2D eigenvalue weighted by Crippen LogP contribution is -2.42. The average molecular weight is 288 g/mol. The summed E-state index contributed by atoms with van der Waals surface area (Å²) in [5.74, 6) is 1.52. The predicted molar refractivity (Wildman–Crippen MR) is 82.6 cm³/mol. The monoisotopic (exact) mass is 288 g/mol. The molecule has 0 aromatic heterocycles. The van der Waals surface area contributed by atoms with Crippen LogP contribution < -0.4 is 14.8 Å². The summed E-state index contributed by atoms with van der Waals surface area (Å²) < 4.78 is 11.1. The number of nitrogens with zero attached hydrogens (tertiary/aromatic N) is 1. The van der Waals surface area contributed by atoms with E-state index in [4.69, 9.17) is 9.47 Å². The predicted octanol–water partition coefficient (Wildman–Crippen LogP) is 3.20. The lowest BCUT2D eigenvalue weighted by molar-refractivity contribution is 0.270. The fraction of sp³-hybridized carbons (Fsp3) is 0.588. The lowest BCUT2D eigenvalue weighted by atomic mass is 9.98. The molecule has 1 aliphatic carbocycles. The van der Waals surface area contributed by atoms with Crippen molar-refractivity contribution in [3.63, 3.8) is 0 Å². The smallest absolute Gasteiger partial charge is 0.161 e. The van der Waals surface area contributed by atoms with Crippen LogP contribution in [0.1, 0.15) is 38.2 Å². The molecule has 0 amide bonds. The molecule has 0 heterocycles. The van der Waals surface area contributed by atoms with Gasteiger partial charge in [0.25, 0.3) is 0 Å². The van der Waals surface area contributed by atoms with Gasteiger partial charge in [0.2, 0.25) is 0 Å². The molecule has 1 atom stereocenters. The van der Waals surface area contributed by atoms with E-state index in [9.17, 15) is 5.26 Å². The minimum absolute atomic E-state index is 0.443. The molecule has 1 unspecified atom stereocenters. The Morgan fingerprint density at radius 3 is 2.76 bits per heavy atom. The van der Waals surface area contributed by atoms with Gasteiger partial charge in [0.1, 0.15) is 5.54 Å².